The first-order chi connectivity index (χ1) is 11.6. The Morgan fingerprint density at radius 2 is 1.83 bits per heavy atom. The Hall–Kier alpha value is -2.79. The van der Waals surface area contributed by atoms with Crippen molar-refractivity contribution in [1.29, 1.82) is 0 Å². The van der Waals surface area contributed by atoms with Crippen LogP contribution >= 0.6 is 11.6 Å². The van der Waals surface area contributed by atoms with Crippen molar-refractivity contribution < 1.29 is 18.7 Å². The van der Waals surface area contributed by atoms with E-state index in [4.69, 9.17) is 20.8 Å². The molecule has 0 saturated heterocycles. The molecule has 0 bridgehead atoms. The van der Waals surface area contributed by atoms with Crippen LogP contribution in [-0.4, -0.2) is 19.7 Å². The molecule has 1 aromatic heterocycles. The summed E-state index contributed by atoms with van der Waals surface area (Å²) >= 11 is 6.22. The number of rotatable bonds is 4. The molecule has 0 spiro atoms. The standard InChI is InChI=1S/C18H13ClO5/c1-22-15(20)10-23-18-16(21)12-7-3-5-9-14(12)24-17(18)11-6-2-4-8-13(11)19/h2-9H,10H2,1H3. The Balaban J connectivity index is 2.23. The van der Waals surface area contributed by atoms with E-state index in [9.17, 15) is 9.59 Å². The Bertz CT molecular complexity index is 961. The zero-order chi connectivity index (χ0) is 17.1. The molecule has 0 N–H and O–H groups in total. The summed E-state index contributed by atoms with van der Waals surface area (Å²) in [6, 6.07) is 13.7. The van der Waals surface area contributed by atoms with Gasteiger partial charge in [-0.05, 0) is 24.3 Å². The number of ether oxygens (including phenoxy) is 2. The molecule has 5 nitrogen and oxygen atoms in total. The Labute approximate surface area is 142 Å². The summed E-state index contributed by atoms with van der Waals surface area (Å²) in [7, 11) is 1.24. The van der Waals surface area contributed by atoms with Crippen molar-refractivity contribution >= 4 is 28.5 Å². The number of hydrogen-bond donors (Lipinski definition) is 0. The number of carbonyl (C=O) groups is 1. The first-order valence-corrected chi connectivity index (χ1v) is 7.50. The van der Waals surface area contributed by atoms with E-state index in [0.29, 0.717) is 21.6 Å². The summed E-state index contributed by atoms with van der Waals surface area (Å²) in [5.74, 6) is -0.506. The molecule has 0 aliphatic rings. The van der Waals surface area contributed by atoms with E-state index in [0.717, 1.165) is 0 Å². The van der Waals surface area contributed by atoms with Crippen LogP contribution in [0.5, 0.6) is 5.75 Å². The normalized spacial score (nSPS) is 10.6. The summed E-state index contributed by atoms with van der Waals surface area (Å²) in [5.41, 5.74) is 0.528. The van der Waals surface area contributed by atoms with Crippen LogP contribution in [0.1, 0.15) is 0 Å². The van der Waals surface area contributed by atoms with Gasteiger partial charge in [-0.15, -0.1) is 0 Å². The molecule has 0 unspecified atom stereocenters. The van der Waals surface area contributed by atoms with Crippen LogP contribution in [0.4, 0.5) is 0 Å². The minimum absolute atomic E-state index is 0.0767. The fourth-order valence-corrected chi connectivity index (χ4v) is 2.49. The molecular weight excluding hydrogens is 332 g/mol. The van der Waals surface area contributed by atoms with Crippen molar-refractivity contribution in [3.05, 3.63) is 63.8 Å². The topological polar surface area (TPSA) is 65.7 Å². The van der Waals surface area contributed by atoms with Crippen molar-refractivity contribution in [2.45, 2.75) is 0 Å². The van der Waals surface area contributed by atoms with Gasteiger partial charge in [0.05, 0.1) is 17.5 Å². The molecule has 24 heavy (non-hydrogen) atoms. The van der Waals surface area contributed by atoms with E-state index in [1.54, 1.807) is 48.5 Å². The van der Waals surface area contributed by atoms with Crippen LogP contribution in [0.15, 0.2) is 57.7 Å². The van der Waals surface area contributed by atoms with Crippen LogP contribution in [-0.2, 0) is 9.53 Å². The van der Waals surface area contributed by atoms with E-state index < -0.39 is 12.6 Å². The fourth-order valence-electron chi connectivity index (χ4n) is 2.27. The molecule has 1 heterocycles. The highest BCUT2D eigenvalue weighted by atomic mass is 35.5. The smallest absolute Gasteiger partial charge is 0.343 e. The molecule has 0 radical (unpaired) electrons. The van der Waals surface area contributed by atoms with Gasteiger partial charge in [0, 0.05) is 5.56 Å². The fraction of sp³-hybridized carbons (Fsp3) is 0.111. The summed E-state index contributed by atoms with van der Waals surface area (Å²) in [6.07, 6.45) is 0. The van der Waals surface area contributed by atoms with Crippen LogP contribution in [0, 0.1) is 0 Å². The molecule has 6 heteroatoms. The summed E-state index contributed by atoms with van der Waals surface area (Å²) in [6.45, 7) is -0.406. The van der Waals surface area contributed by atoms with Gasteiger partial charge in [0.15, 0.2) is 12.4 Å². The zero-order valence-electron chi connectivity index (χ0n) is 12.7. The molecule has 3 aromatic rings. The highest BCUT2D eigenvalue weighted by Gasteiger charge is 2.20. The highest BCUT2D eigenvalue weighted by molar-refractivity contribution is 6.33. The lowest BCUT2D eigenvalue weighted by atomic mass is 10.1. The first-order valence-electron chi connectivity index (χ1n) is 7.12. The predicted molar refractivity (Wildman–Crippen MR) is 90.4 cm³/mol. The van der Waals surface area contributed by atoms with Gasteiger partial charge in [0.1, 0.15) is 5.58 Å². The lowest BCUT2D eigenvalue weighted by Gasteiger charge is -2.11. The van der Waals surface area contributed by atoms with E-state index in [1.165, 1.54) is 7.11 Å². The van der Waals surface area contributed by atoms with E-state index in [1.807, 2.05) is 0 Å². The van der Waals surface area contributed by atoms with Gasteiger partial charge in [0.25, 0.3) is 0 Å². The second-order valence-corrected chi connectivity index (χ2v) is 5.34. The van der Waals surface area contributed by atoms with Gasteiger partial charge in [-0.25, -0.2) is 4.79 Å². The average molecular weight is 345 g/mol. The van der Waals surface area contributed by atoms with E-state index in [2.05, 4.69) is 4.74 Å². The third-order valence-corrected chi connectivity index (χ3v) is 3.77. The van der Waals surface area contributed by atoms with Crippen molar-refractivity contribution in [3.8, 4) is 17.1 Å². The van der Waals surface area contributed by atoms with Crippen LogP contribution in [0.2, 0.25) is 5.02 Å². The predicted octanol–water partition coefficient (Wildman–Crippen LogP) is 3.67. The number of halogens is 1. The van der Waals surface area contributed by atoms with Crippen molar-refractivity contribution in [2.75, 3.05) is 13.7 Å². The third-order valence-electron chi connectivity index (χ3n) is 3.44. The van der Waals surface area contributed by atoms with Crippen LogP contribution in [0.25, 0.3) is 22.3 Å². The Morgan fingerprint density at radius 1 is 1.12 bits per heavy atom. The number of esters is 1. The maximum absolute atomic E-state index is 12.8. The lowest BCUT2D eigenvalue weighted by molar-refractivity contribution is -0.142. The lowest BCUT2D eigenvalue weighted by Crippen LogP contribution is -2.17. The molecule has 122 valence electrons. The molecule has 0 atom stereocenters. The molecule has 0 saturated carbocycles. The van der Waals surface area contributed by atoms with Crippen molar-refractivity contribution in [3.63, 3.8) is 0 Å². The van der Waals surface area contributed by atoms with Gasteiger partial charge in [0.2, 0.25) is 11.2 Å². The van der Waals surface area contributed by atoms with Crippen LogP contribution in [0.3, 0.4) is 0 Å². The highest BCUT2D eigenvalue weighted by Crippen LogP contribution is 2.35. The molecule has 0 aliphatic heterocycles. The number of fused-ring (bicyclic) bond motifs is 1. The van der Waals surface area contributed by atoms with Gasteiger partial charge in [-0.2, -0.15) is 0 Å². The second-order valence-electron chi connectivity index (χ2n) is 4.93. The molecular formula is C18H13ClO5. The summed E-state index contributed by atoms with van der Waals surface area (Å²) in [4.78, 5) is 24.1. The number of methoxy groups -OCH3 is 1. The van der Waals surface area contributed by atoms with Gasteiger partial charge in [-0.3, -0.25) is 4.79 Å². The van der Waals surface area contributed by atoms with Crippen molar-refractivity contribution in [1.82, 2.24) is 0 Å². The summed E-state index contributed by atoms with van der Waals surface area (Å²) in [5, 5.41) is 0.756. The molecule has 0 amide bonds. The zero-order valence-corrected chi connectivity index (χ0v) is 13.5. The van der Waals surface area contributed by atoms with Gasteiger partial charge < -0.3 is 13.9 Å². The van der Waals surface area contributed by atoms with E-state index in [-0.39, 0.29) is 16.9 Å². The first kappa shape index (κ1) is 16.1. The number of benzene rings is 2. The van der Waals surface area contributed by atoms with Crippen LogP contribution < -0.4 is 10.2 Å². The van der Waals surface area contributed by atoms with Gasteiger partial charge >= 0.3 is 5.97 Å². The average Bonchev–Trinajstić information content (AvgIpc) is 2.61. The van der Waals surface area contributed by atoms with Gasteiger partial charge in [-0.1, -0.05) is 35.9 Å². The minimum Gasteiger partial charge on any atom is -0.474 e. The maximum Gasteiger partial charge on any atom is 0.343 e. The molecule has 2 aromatic carbocycles. The molecule has 0 aliphatic carbocycles. The van der Waals surface area contributed by atoms with E-state index >= 15 is 0 Å². The summed E-state index contributed by atoms with van der Waals surface area (Å²) < 4.78 is 15.8. The third kappa shape index (κ3) is 2.98. The molecule has 0 fully saturated rings. The monoisotopic (exact) mass is 344 g/mol. The number of carbonyl (C=O) groups excluding carboxylic acids is 1. The second kappa shape index (κ2) is 6.76. The quantitative estimate of drug-likeness (QED) is 0.676. The largest absolute Gasteiger partial charge is 0.474 e. The number of para-hydroxylation sites is 1. The Kier molecular flexibility index (Phi) is 4.53. The SMILES string of the molecule is COC(=O)COc1c(-c2ccccc2Cl)oc2ccccc2c1=O. The number of hydrogen-bond acceptors (Lipinski definition) is 5. The minimum atomic E-state index is -0.604. The van der Waals surface area contributed by atoms with Crippen molar-refractivity contribution in [2.24, 2.45) is 0 Å². The maximum atomic E-state index is 12.8. The Morgan fingerprint density at radius 3 is 2.58 bits per heavy atom. The molecule has 3 rings (SSSR count).